The van der Waals surface area contributed by atoms with Crippen LogP contribution in [0.1, 0.15) is 74.6 Å². The molecule has 0 aliphatic carbocycles. The number of hydrogen-bond acceptors (Lipinski definition) is 2. The van der Waals surface area contributed by atoms with Crippen LogP contribution < -0.4 is 5.32 Å². The molecule has 0 fully saturated rings. The van der Waals surface area contributed by atoms with E-state index < -0.39 is 23.5 Å². The molecule has 0 radical (unpaired) electrons. The van der Waals surface area contributed by atoms with Gasteiger partial charge in [0.1, 0.15) is 12.4 Å². The first-order valence-electron chi connectivity index (χ1n) is 12.5. The molecule has 37 heavy (non-hydrogen) atoms. The first-order chi connectivity index (χ1) is 17.6. The van der Waals surface area contributed by atoms with Crippen LogP contribution in [0.15, 0.2) is 72.1 Å². The monoisotopic (exact) mass is 517 g/mol. The van der Waals surface area contributed by atoms with E-state index in [0.717, 1.165) is 37.0 Å². The number of nitrogens with one attached hydrogen (secondary N) is 1. The zero-order valence-electron chi connectivity index (χ0n) is 21.6. The normalized spacial score (nSPS) is 12.7. The fourth-order valence-corrected chi connectivity index (χ4v) is 3.53. The van der Waals surface area contributed by atoms with Gasteiger partial charge in [-0.05, 0) is 73.7 Å². The summed E-state index contributed by atoms with van der Waals surface area (Å²) >= 11 is 0. The van der Waals surface area contributed by atoms with Gasteiger partial charge in [0, 0.05) is 5.70 Å². The Morgan fingerprint density at radius 2 is 1.73 bits per heavy atom. The first kappa shape index (κ1) is 29.9. The molecule has 0 heterocycles. The molecule has 0 aliphatic heterocycles. The van der Waals surface area contributed by atoms with Crippen molar-refractivity contribution in [2.45, 2.75) is 72.1 Å². The highest BCUT2D eigenvalue weighted by Gasteiger charge is 2.29. The van der Waals surface area contributed by atoms with Crippen molar-refractivity contribution in [3.05, 3.63) is 100 Å². The maximum Gasteiger partial charge on any atom is 0.416 e. The Kier molecular flexibility index (Phi) is 12.1. The van der Waals surface area contributed by atoms with E-state index in [-0.39, 0.29) is 12.2 Å². The van der Waals surface area contributed by atoms with Gasteiger partial charge in [-0.2, -0.15) is 13.2 Å². The van der Waals surface area contributed by atoms with Gasteiger partial charge in [-0.3, -0.25) is 4.79 Å². The van der Waals surface area contributed by atoms with E-state index in [1.54, 1.807) is 12.1 Å². The van der Waals surface area contributed by atoms with Crippen molar-refractivity contribution in [2.24, 2.45) is 0 Å². The lowest BCUT2D eigenvalue weighted by Gasteiger charge is -2.09. The molecule has 2 rings (SSSR count). The van der Waals surface area contributed by atoms with Crippen LogP contribution in [-0.2, 0) is 22.3 Å². The molecule has 0 saturated carbocycles. The predicted molar refractivity (Wildman–Crippen MR) is 140 cm³/mol. The van der Waals surface area contributed by atoms with Crippen molar-refractivity contribution in [3.8, 4) is 0 Å². The van der Waals surface area contributed by atoms with Gasteiger partial charge in [-0.1, -0.05) is 63.0 Å². The van der Waals surface area contributed by atoms with Crippen LogP contribution >= 0.6 is 0 Å². The van der Waals surface area contributed by atoms with E-state index in [0.29, 0.717) is 16.8 Å². The smallest absolute Gasteiger partial charge is 0.416 e. The number of aryl methyl sites for hydroxylation is 1. The quantitative estimate of drug-likeness (QED) is 0.0949. The number of allylic oxidation sites excluding steroid dienone is 2. The molecule has 0 aromatic heterocycles. The summed E-state index contributed by atoms with van der Waals surface area (Å²) in [6, 6.07) is 9.00. The number of amides is 1. The van der Waals surface area contributed by atoms with E-state index in [4.69, 9.17) is 4.74 Å². The SMILES string of the molecule is CCCCCCC/C=C(\C)NC(=O)C(/C=C\c1cc(F)ccc1C)=C\OCc1ccc(C(F)(F)F)cc1. The zero-order chi connectivity index (χ0) is 27.3. The topological polar surface area (TPSA) is 38.3 Å². The molecular weight excluding hydrogens is 482 g/mol. The van der Waals surface area contributed by atoms with E-state index in [2.05, 4.69) is 12.2 Å². The molecule has 1 amide bonds. The van der Waals surface area contributed by atoms with Crippen LogP contribution in [0.2, 0.25) is 0 Å². The van der Waals surface area contributed by atoms with Gasteiger partial charge in [0.05, 0.1) is 17.4 Å². The minimum Gasteiger partial charge on any atom is -0.496 e. The van der Waals surface area contributed by atoms with Crippen molar-refractivity contribution >= 4 is 12.0 Å². The maximum atomic E-state index is 13.7. The highest BCUT2D eigenvalue weighted by atomic mass is 19.4. The summed E-state index contributed by atoms with van der Waals surface area (Å²) in [5, 5.41) is 2.84. The second-order valence-electron chi connectivity index (χ2n) is 8.96. The number of unbranched alkanes of at least 4 members (excludes halogenated alkanes) is 5. The molecule has 2 aromatic carbocycles. The number of carbonyl (C=O) groups excluding carboxylic acids is 1. The summed E-state index contributed by atoms with van der Waals surface area (Å²) in [7, 11) is 0. The van der Waals surface area contributed by atoms with Gasteiger partial charge >= 0.3 is 6.18 Å². The van der Waals surface area contributed by atoms with Crippen molar-refractivity contribution in [3.63, 3.8) is 0 Å². The lowest BCUT2D eigenvalue weighted by atomic mass is 10.1. The fraction of sp³-hybridized carbons (Fsp3) is 0.367. The summed E-state index contributed by atoms with van der Waals surface area (Å²) < 4.78 is 57.5. The maximum absolute atomic E-state index is 13.7. The molecule has 0 spiro atoms. The third kappa shape index (κ3) is 11.1. The van der Waals surface area contributed by atoms with Crippen LogP contribution in [-0.4, -0.2) is 5.91 Å². The average molecular weight is 518 g/mol. The van der Waals surface area contributed by atoms with Crippen LogP contribution in [0.3, 0.4) is 0 Å². The molecule has 1 N–H and O–H groups in total. The molecule has 0 aliphatic rings. The number of alkyl halides is 3. The number of rotatable bonds is 13. The highest BCUT2D eigenvalue weighted by molar-refractivity contribution is 5.97. The summed E-state index contributed by atoms with van der Waals surface area (Å²) in [4.78, 5) is 12.9. The number of hydrogen-bond donors (Lipinski definition) is 1. The Bertz CT molecular complexity index is 1100. The summed E-state index contributed by atoms with van der Waals surface area (Å²) in [5.41, 5.74) is 2.12. The van der Waals surface area contributed by atoms with Crippen molar-refractivity contribution in [1.82, 2.24) is 5.32 Å². The Morgan fingerprint density at radius 1 is 1.03 bits per heavy atom. The molecular formula is C30H35F4NO2. The molecule has 3 nitrogen and oxygen atoms in total. The second kappa shape index (κ2) is 15.0. The van der Waals surface area contributed by atoms with Crippen LogP contribution in [0, 0.1) is 12.7 Å². The van der Waals surface area contributed by atoms with E-state index in [1.165, 1.54) is 55.9 Å². The Morgan fingerprint density at radius 3 is 2.41 bits per heavy atom. The summed E-state index contributed by atoms with van der Waals surface area (Å²) in [5.74, 6) is -0.797. The molecule has 0 bridgehead atoms. The van der Waals surface area contributed by atoms with E-state index in [9.17, 15) is 22.4 Å². The number of benzene rings is 2. The molecule has 7 heteroatoms. The first-order valence-corrected chi connectivity index (χ1v) is 12.5. The van der Waals surface area contributed by atoms with Crippen molar-refractivity contribution in [1.29, 1.82) is 0 Å². The molecule has 0 atom stereocenters. The highest BCUT2D eigenvalue weighted by Crippen LogP contribution is 2.29. The summed E-state index contributed by atoms with van der Waals surface area (Å²) in [6.07, 6.45) is 8.63. The van der Waals surface area contributed by atoms with Gasteiger partial charge in [0.25, 0.3) is 5.91 Å². The Balaban J connectivity index is 2.11. The van der Waals surface area contributed by atoms with Gasteiger partial charge in [0.15, 0.2) is 0 Å². The second-order valence-corrected chi connectivity index (χ2v) is 8.96. The molecule has 2 aromatic rings. The predicted octanol–water partition coefficient (Wildman–Crippen LogP) is 8.65. The van der Waals surface area contributed by atoms with Gasteiger partial charge < -0.3 is 10.1 Å². The number of carbonyl (C=O) groups is 1. The number of ether oxygens (including phenoxy) is 1. The standard InChI is InChI=1S/C30H35F4NO2/c1-4-5-6-7-8-9-10-23(3)35-29(36)26(15-14-25-19-28(31)18-11-22(25)2)21-37-20-24-12-16-27(17-13-24)30(32,33)34/h10-19,21H,4-9,20H2,1-3H3,(H,35,36)/b15-14-,23-10+,26-21-. The molecule has 0 saturated heterocycles. The molecule has 200 valence electrons. The van der Waals surface area contributed by atoms with Crippen LogP contribution in [0.4, 0.5) is 17.6 Å². The van der Waals surface area contributed by atoms with Crippen LogP contribution in [0.5, 0.6) is 0 Å². The van der Waals surface area contributed by atoms with Crippen LogP contribution in [0.25, 0.3) is 6.08 Å². The Hall–Kier alpha value is -3.35. The minimum absolute atomic E-state index is 0.0195. The minimum atomic E-state index is -4.41. The summed E-state index contributed by atoms with van der Waals surface area (Å²) in [6.45, 7) is 5.79. The average Bonchev–Trinajstić information content (AvgIpc) is 2.85. The van der Waals surface area contributed by atoms with Crippen molar-refractivity contribution in [2.75, 3.05) is 0 Å². The third-order valence-electron chi connectivity index (χ3n) is 5.76. The van der Waals surface area contributed by atoms with E-state index >= 15 is 0 Å². The van der Waals surface area contributed by atoms with Gasteiger partial charge in [-0.15, -0.1) is 0 Å². The van der Waals surface area contributed by atoms with Crippen molar-refractivity contribution < 1.29 is 27.1 Å². The van der Waals surface area contributed by atoms with E-state index in [1.807, 2.05) is 19.9 Å². The third-order valence-corrected chi connectivity index (χ3v) is 5.76. The fourth-order valence-electron chi connectivity index (χ4n) is 3.53. The largest absolute Gasteiger partial charge is 0.496 e. The number of halogens is 4. The molecule has 0 unspecified atom stereocenters. The van der Waals surface area contributed by atoms with Gasteiger partial charge in [0.2, 0.25) is 0 Å². The van der Waals surface area contributed by atoms with Gasteiger partial charge in [-0.25, -0.2) is 4.39 Å². The Labute approximate surface area is 216 Å². The zero-order valence-corrected chi connectivity index (χ0v) is 21.6. The lowest BCUT2D eigenvalue weighted by Crippen LogP contribution is -2.22. The lowest BCUT2D eigenvalue weighted by molar-refractivity contribution is -0.137.